The summed E-state index contributed by atoms with van der Waals surface area (Å²) in [6, 6.07) is 16.7. The molecule has 0 saturated carbocycles. The second-order valence-corrected chi connectivity index (χ2v) is 9.82. The summed E-state index contributed by atoms with van der Waals surface area (Å²) < 4.78 is 6.18. The minimum atomic E-state index is -0.875. The van der Waals surface area contributed by atoms with Crippen LogP contribution in [0, 0.1) is 13.8 Å². The number of carbonyl (C=O) groups is 2. The van der Waals surface area contributed by atoms with Crippen LogP contribution in [0.4, 0.5) is 5.13 Å². The first-order valence-electron chi connectivity index (χ1n) is 10.9. The van der Waals surface area contributed by atoms with Gasteiger partial charge in [-0.05, 0) is 60.9 Å². The predicted molar refractivity (Wildman–Crippen MR) is 138 cm³/mol. The molecule has 0 aliphatic carbocycles. The first-order chi connectivity index (χ1) is 16.8. The number of amides is 1. The van der Waals surface area contributed by atoms with E-state index < -0.39 is 17.7 Å². The molecule has 5 rings (SSSR count). The van der Waals surface area contributed by atoms with Gasteiger partial charge in [0.2, 0.25) is 0 Å². The number of aliphatic hydroxyl groups is 1. The van der Waals surface area contributed by atoms with Crippen molar-refractivity contribution in [1.29, 1.82) is 0 Å². The number of ether oxygens (including phenoxy) is 1. The zero-order valence-electron chi connectivity index (χ0n) is 19.2. The van der Waals surface area contributed by atoms with Crippen molar-refractivity contribution in [3.8, 4) is 5.75 Å². The lowest BCUT2D eigenvalue weighted by molar-refractivity contribution is -0.132. The molecular weight excluding hydrogens is 484 g/mol. The average Bonchev–Trinajstić information content (AvgIpc) is 3.38. The van der Waals surface area contributed by atoms with Crippen LogP contribution in [-0.4, -0.2) is 28.9 Å². The van der Waals surface area contributed by atoms with E-state index in [4.69, 9.17) is 21.3 Å². The van der Waals surface area contributed by atoms with Crippen LogP contribution in [0.1, 0.15) is 28.3 Å². The number of hydrogen-bond acceptors (Lipinski definition) is 6. The average molecular weight is 505 g/mol. The maximum absolute atomic E-state index is 13.4. The van der Waals surface area contributed by atoms with E-state index in [0.717, 1.165) is 21.3 Å². The van der Waals surface area contributed by atoms with Crippen molar-refractivity contribution in [2.24, 2.45) is 0 Å². The van der Waals surface area contributed by atoms with Crippen molar-refractivity contribution >= 4 is 55.7 Å². The van der Waals surface area contributed by atoms with Crippen molar-refractivity contribution < 1.29 is 19.4 Å². The van der Waals surface area contributed by atoms with Gasteiger partial charge < -0.3 is 9.84 Å². The van der Waals surface area contributed by atoms with E-state index in [1.165, 1.54) is 23.3 Å². The maximum atomic E-state index is 13.4. The smallest absolute Gasteiger partial charge is 0.301 e. The van der Waals surface area contributed by atoms with Crippen LogP contribution in [0.25, 0.3) is 16.0 Å². The van der Waals surface area contributed by atoms with Crippen LogP contribution in [0.5, 0.6) is 5.75 Å². The quantitative estimate of drug-likeness (QED) is 0.203. The van der Waals surface area contributed by atoms with Gasteiger partial charge in [0.25, 0.3) is 5.78 Å². The number of Topliss-reactive ketones (excluding diaryl/α,β-unsaturated/α-hetero) is 1. The number of fused-ring (bicyclic) bond motifs is 1. The lowest BCUT2D eigenvalue weighted by Gasteiger charge is -2.23. The summed E-state index contributed by atoms with van der Waals surface area (Å²) in [6.07, 6.45) is 0. The van der Waals surface area contributed by atoms with Gasteiger partial charge in [-0.3, -0.25) is 14.5 Å². The largest absolute Gasteiger partial charge is 0.507 e. The van der Waals surface area contributed by atoms with Gasteiger partial charge in [-0.25, -0.2) is 4.98 Å². The van der Waals surface area contributed by atoms with Crippen LogP contribution in [0.2, 0.25) is 5.02 Å². The first-order valence-corrected chi connectivity index (χ1v) is 12.1. The van der Waals surface area contributed by atoms with Crippen molar-refractivity contribution in [2.75, 3.05) is 12.0 Å². The Bertz CT molecular complexity index is 1520. The number of hydrogen-bond donors (Lipinski definition) is 1. The zero-order chi connectivity index (χ0) is 24.9. The normalized spacial score (nSPS) is 17.4. The molecule has 8 heteroatoms. The number of halogens is 1. The highest BCUT2D eigenvalue weighted by atomic mass is 35.5. The van der Waals surface area contributed by atoms with Gasteiger partial charge in [-0.15, -0.1) is 0 Å². The van der Waals surface area contributed by atoms with Crippen LogP contribution in [-0.2, 0) is 9.59 Å². The van der Waals surface area contributed by atoms with Crippen LogP contribution >= 0.6 is 22.9 Å². The molecule has 1 atom stereocenters. The molecule has 1 aromatic heterocycles. The van der Waals surface area contributed by atoms with Gasteiger partial charge in [0.05, 0.1) is 28.9 Å². The fraction of sp³-hybridized carbons (Fsp3) is 0.148. The number of aliphatic hydroxyl groups excluding tert-OH is 1. The van der Waals surface area contributed by atoms with E-state index in [1.807, 2.05) is 26.0 Å². The Hall–Kier alpha value is -3.68. The minimum Gasteiger partial charge on any atom is -0.507 e. The number of aryl methyl sites for hydroxylation is 2. The summed E-state index contributed by atoms with van der Waals surface area (Å²) in [7, 11) is 1.52. The van der Waals surface area contributed by atoms with E-state index in [2.05, 4.69) is 0 Å². The molecule has 2 heterocycles. The van der Waals surface area contributed by atoms with Gasteiger partial charge in [-0.2, -0.15) is 0 Å². The lowest BCUT2D eigenvalue weighted by atomic mass is 9.95. The Morgan fingerprint density at radius 2 is 1.83 bits per heavy atom. The lowest BCUT2D eigenvalue weighted by Crippen LogP contribution is -2.29. The van der Waals surface area contributed by atoms with Gasteiger partial charge in [-0.1, -0.05) is 53.3 Å². The molecule has 1 fully saturated rings. The molecule has 3 aromatic carbocycles. The monoisotopic (exact) mass is 504 g/mol. The topological polar surface area (TPSA) is 79.7 Å². The highest BCUT2D eigenvalue weighted by Crippen LogP contribution is 2.45. The Morgan fingerprint density at radius 1 is 1.09 bits per heavy atom. The van der Waals surface area contributed by atoms with Gasteiger partial charge in [0, 0.05) is 10.6 Å². The number of carbonyl (C=O) groups excluding carboxylic acids is 2. The SMILES string of the molecule is COc1cccc(C(O)=C2C(=O)C(=O)N(c3nc4c(C)cc(C)cc4s3)[C@@H]2c2ccc(Cl)cc2)c1. The van der Waals surface area contributed by atoms with Crippen molar-refractivity contribution in [3.63, 3.8) is 0 Å². The molecule has 1 aliphatic rings. The highest BCUT2D eigenvalue weighted by molar-refractivity contribution is 7.22. The molecule has 176 valence electrons. The summed E-state index contributed by atoms with van der Waals surface area (Å²) in [4.78, 5) is 32.9. The third-order valence-electron chi connectivity index (χ3n) is 6.00. The molecule has 1 aliphatic heterocycles. The predicted octanol–water partition coefficient (Wildman–Crippen LogP) is 6.20. The summed E-state index contributed by atoms with van der Waals surface area (Å²) in [5.41, 5.74) is 3.83. The van der Waals surface area contributed by atoms with E-state index in [9.17, 15) is 14.7 Å². The number of nitrogens with zero attached hydrogens (tertiary/aromatic N) is 2. The molecule has 0 unspecified atom stereocenters. The van der Waals surface area contributed by atoms with Crippen LogP contribution in [0.3, 0.4) is 0 Å². The second kappa shape index (κ2) is 8.83. The Balaban J connectivity index is 1.74. The number of benzene rings is 3. The number of thiazole rings is 1. The minimum absolute atomic E-state index is 0.0160. The van der Waals surface area contributed by atoms with E-state index >= 15 is 0 Å². The molecule has 35 heavy (non-hydrogen) atoms. The Morgan fingerprint density at radius 3 is 2.54 bits per heavy atom. The Labute approximate surface area is 211 Å². The van der Waals surface area contributed by atoms with E-state index in [-0.39, 0.29) is 11.3 Å². The molecule has 0 spiro atoms. The molecule has 0 bridgehead atoms. The third kappa shape index (κ3) is 3.96. The van der Waals surface area contributed by atoms with Crippen molar-refractivity contribution in [3.05, 3.63) is 93.5 Å². The summed E-state index contributed by atoms with van der Waals surface area (Å²) in [6.45, 7) is 3.96. The zero-order valence-corrected chi connectivity index (χ0v) is 20.8. The van der Waals surface area contributed by atoms with Crippen molar-refractivity contribution in [1.82, 2.24) is 4.98 Å². The summed E-state index contributed by atoms with van der Waals surface area (Å²) in [5, 5.41) is 12.2. The number of rotatable bonds is 4. The third-order valence-corrected chi connectivity index (χ3v) is 7.25. The molecule has 1 saturated heterocycles. The fourth-order valence-corrected chi connectivity index (χ4v) is 5.67. The van der Waals surface area contributed by atoms with Gasteiger partial charge >= 0.3 is 5.91 Å². The molecule has 0 radical (unpaired) electrons. The highest BCUT2D eigenvalue weighted by Gasteiger charge is 2.48. The summed E-state index contributed by atoms with van der Waals surface area (Å²) in [5.74, 6) is -1.29. The second-order valence-electron chi connectivity index (χ2n) is 8.38. The van der Waals surface area contributed by atoms with Crippen molar-refractivity contribution in [2.45, 2.75) is 19.9 Å². The molecule has 1 amide bonds. The fourth-order valence-electron chi connectivity index (χ4n) is 4.38. The molecular formula is C27H21ClN2O4S. The Kier molecular flexibility index (Phi) is 5.83. The standard InChI is InChI=1S/C27H21ClN2O4S/c1-14-11-15(2)22-20(12-14)35-27(29-22)30-23(16-7-9-18(28)10-8-16)21(25(32)26(30)33)24(31)17-5-4-6-19(13-17)34-3/h4-13,23,31H,1-3H3/t23-/m1/s1. The number of aromatic nitrogens is 1. The van der Waals surface area contributed by atoms with Crippen LogP contribution < -0.4 is 9.64 Å². The summed E-state index contributed by atoms with van der Waals surface area (Å²) >= 11 is 7.45. The first kappa shape index (κ1) is 23.1. The van der Waals surface area contributed by atoms with Gasteiger partial charge in [0.15, 0.2) is 5.13 Å². The number of ketones is 1. The maximum Gasteiger partial charge on any atom is 0.301 e. The molecule has 1 N–H and O–H groups in total. The van der Waals surface area contributed by atoms with Crippen LogP contribution in [0.15, 0.2) is 66.2 Å². The number of anilines is 1. The molecule has 4 aromatic rings. The van der Waals surface area contributed by atoms with Gasteiger partial charge in [0.1, 0.15) is 11.5 Å². The molecule has 6 nitrogen and oxygen atoms in total. The van der Waals surface area contributed by atoms with E-state index in [1.54, 1.807) is 48.5 Å². The van der Waals surface area contributed by atoms with E-state index in [0.29, 0.717) is 27.0 Å². The number of methoxy groups -OCH3 is 1.